The van der Waals surface area contributed by atoms with Crippen molar-refractivity contribution < 1.29 is 4.79 Å². The van der Waals surface area contributed by atoms with Crippen molar-refractivity contribution in [2.45, 2.75) is 12.8 Å². The van der Waals surface area contributed by atoms with Crippen LogP contribution in [0.15, 0.2) is 72.8 Å². The summed E-state index contributed by atoms with van der Waals surface area (Å²) in [6, 6.07) is 19.5. The molecule has 18 heavy (non-hydrogen) atoms. The molecule has 2 rings (SSSR count). The molecule has 0 spiro atoms. The van der Waals surface area contributed by atoms with Crippen LogP contribution in [0.1, 0.15) is 28.8 Å². The van der Waals surface area contributed by atoms with Gasteiger partial charge in [0.05, 0.1) is 0 Å². The Bertz CT molecular complexity index is 526. The van der Waals surface area contributed by atoms with Crippen LogP contribution in [0, 0.1) is 0 Å². The average Bonchev–Trinajstić information content (AvgIpc) is 2.46. The summed E-state index contributed by atoms with van der Waals surface area (Å²) in [6.45, 7) is 2.09. The zero-order valence-corrected chi connectivity index (χ0v) is 10.4. The van der Waals surface area contributed by atoms with Gasteiger partial charge in [-0.15, -0.1) is 0 Å². The van der Waals surface area contributed by atoms with Gasteiger partial charge in [-0.05, 0) is 17.6 Å². The van der Waals surface area contributed by atoms with Gasteiger partial charge in [0.15, 0.2) is 5.78 Å². The van der Waals surface area contributed by atoms with Crippen LogP contribution in [0.4, 0.5) is 0 Å². The summed E-state index contributed by atoms with van der Waals surface area (Å²) in [5.74, 6) is 0.303. The molecule has 0 amide bonds. The molecule has 0 aliphatic rings. The molecule has 1 heteroatoms. The molecule has 0 bridgehead atoms. The minimum atomic E-state index is 0.0541. The Morgan fingerprint density at radius 1 is 0.944 bits per heavy atom. The summed E-state index contributed by atoms with van der Waals surface area (Å²) in [7, 11) is 0. The maximum absolute atomic E-state index is 11.9. The number of rotatable bonds is 4. The van der Waals surface area contributed by atoms with Crippen molar-refractivity contribution in [2.24, 2.45) is 0 Å². The maximum Gasteiger partial charge on any atom is 0.185 e. The highest BCUT2D eigenvalue weighted by atomic mass is 16.1. The van der Waals surface area contributed by atoms with E-state index in [0.717, 1.165) is 5.56 Å². The predicted molar refractivity (Wildman–Crippen MR) is 74.8 cm³/mol. The lowest BCUT2D eigenvalue weighted by Gasteiger charge is -2.05. The Balaban J connectivity index is 2.06. The standard InChI is InChI=1S/C17H16O/c1-14(15-8-4-2-5-9-15)12-13-17(18)16-10-6-3-7-11-16/h2-14H,1H3/b13-12+. The second-order valence-electron chi connectivity index (χ2n) is 4.29. The zero-order valence-electron chi connectivity index (χ0n) is 10.4. The lowest BCUT2D eigenvalue weighted by atomic mass is 10.00. The molecule has 2 aromatic rings. The molecule has 1 unspecified atom stereocenters. The highest BCUT2D eigenvalue weighted by molar-refractivity contribution is 6.04. The van der Waals surface area contributed by atoms with Gasteiger partial charge in [0.1, 0.15) is 0 Å². The largest absolute Gasteiger partial charge is 0.289 e. The van der Waals surface area contributed by atoms with E-state index in [1.807, 2.05) is 54.6 Å². The molecule has 0 radical (unpaired) electrons. The predicted octanol–water partition coefficient (Wildman–Crippen LogP) is 4.23. The molecule has 0 heterocycles. The molecular weight excluding hydrogens is 220 g/mol. The van der Waals surface area contributed by atoms with Crippen molar-refractivity contribution in [3.63, 3.8) is 0 Å². The van der Waals surface area contributed by atoms with Crippen molar-refractivity contribution in [3.05, 3.63) is 83.9 Å². The molecule has 0 aliphatic carbocycles. The van der Waals surface area contributed by atoms with Gasteiger partial charge in [0.2, 0.25) is 0 Å². The van der Waals surface area contributed by atoms with Gasteiger partial charge in [0.25, 0.3) is 0 Å². The highest BCUT2D eigenvalue weighted by Crippen LogP contribution is 2.16. The topological polar surface area (TPSA) is 17.1 Å². The third kappa shape index (κ3) is 3.17. The van der Waals surface area contributed by atoms with Gasteiger partial charge < -0.3 is 0 Å². The quantitative estimate of drug-likeness (QED) is 0.573. The van der Waals surface area contributed by atoms with Gasteiger partial charge in [-0.2, -0.15) is 0 Å². The third-order valence-electron chi connectivity index (χ3n) is 2.92. The van der Waals surface area contributed by atoms with E-state index in [1.54, 1.807) is 6.08 Å². The van der Waals surface area contributed by atoms with Gasteiger partial charge in [-0.25, -0.2) is 0 Å². The van der Waals surface area contributed by atoms with Crippen LogP contribution in [0.3, 0.4) is 0 Å². The Morgan fingerprint density at radius 2 is 1.50 bits per heavy atom. The number of benzene rings is 2. The minimum absolute atomic E-state index is 0.0541. The van der Waals surface area contributed by atoms with E-state index in [-0.39, 0.29) is 11.7 Å². The minimum Gasteiger partial charge on any atom is -0.289 e. The van der Waals surface area contributed by atoms with E-state index in [1.165, 1.54) is 5.56 Å². The number of allylic oxidation sites excluding steroid dienone is 2. The second-order valence-corrected chi connectivity index (χ2v) is 4.29. The van der Waals surface area contributed by atoms with Gasteiger partial charge >= 0.3 is 0 Å². The molecule has 1 atom stereocenters. The Hall–Kier alpha value is -2.15. The van der Waals surface area contributed by atoms with Gasteiger partial charge in [-0.3, -0.25) is 4.79 Å². The summed E-state index contributed by atoms with van der Waals surface area (Å²) in [4.78, 5) is 11.9. The van der Waals surface area contributed by atoms with Crippen LogP contribution in [-0.2, 0) is 0 Å². The molecule has 0 aliphatic heterocycles. The summed E-state index contributed by atoms with van der Waals surface area (Å²) < 4.78 is 0. The molecule has 1 nitrogen and oxygen atoms in total. The number of ketones is 1. The third-order valence-corrected chi connectivity index (χ3v) is 2.92. The molecule has 0 aromatic heterocycles. The number of hydrogen-bond acceptors (Lipinski definition) is 1. The number of carbonyl (C=O) groups is 1. The average molecular weight is 236 g/mol. The number of carbonyl (C=O) groups excluding carboxylic acids is 1. The Kier molecular flexibility index (Phi) is 4.08. The van der Waals surface area contributed by atoms with E-state index < -0.39 is 0 Å². The molecule has 0 saturated carbocycles. The molecular formula is C17H16O. The fraction of sp³-hybridized carbons (Fsp3) is 0.118. The van der Waals surface area contributed by atoms with Crippen LogP contribution in [0.2, 0.25) is 0 Å². The van der Waals surface area contributed by atoms with Crippen molar-refractivity contribution in [3.8, 4) is 0 Å². The SMILES string of the molecule is CC(/C=C/C(=O)c1ccccc1)c1ccccc1. The maximum atomic E-state index is 11.9. The van der Waals surface area contributed by atoms with E-state index in [4.69, 9.17) is 0 Å². The smallest absolute Gasteiger partial charge is 0.185 e. The van der Waals surface area contributed by atoms with E-state index in [9.17, 15) is 4.79 Å². The lowest BCUT2D eigenvalue weighted by Crippen LogP contribution is -1.95. The molecule has 0 fully saturated rings. The zero-order chi connectivity index (χ0) is 12.8. The van der Waals surface area contributed by atoms with E-state index in [2.05, 4.69) is 19.1 Å². The molecule has 0 N–H and O–H groups in total. The normalized spacial score (nSPS) is 12.5. The Labute approximate surface area is 108 Å². The summed E-state index contributed by atoms with van der Waals surface area (Å²) in [5.41, 5.74) is 1.95. The first-order valence-corrected chi connectivity index (χ1v) is 6.10. The van der Waals surface area contributed by atoms with Gasteiger partial charge in [-0.1, -0.05) is 73.7 Å². The first-order chi connectivity index (χ1) is 8.77. The first kappa shape index (κ1) is 12.3. The van der Waals surface area contributed by atoms with Crippen molar-refractivity contribution >= 4 is 5.78 Å². The van der Waals surface area contributed by atoms with Crippen LogP contribution in [-0.4, -0.2) is 5.78 Å². The van der Waals surface area contributed by atoms with E-state index in [0.29, 0.717) is 0 Å². The summed E-state index contributed by atoms with van der Waals surface area (Å²) in [5, 5.41) is 0. The van der Waals surface area contributed by atoms with Gasteiger partial charge in [0, 0.05) is 5.56 Å². The van der Waals surface area contributed by atoms with Crippen molar-refractivity contribution in [2.75, 3.05) is 0 Å². The molecule has 0 saturated heterocycles. The summed E-state index contributed by atoms with van der Waals surface area (Å²) >= 11 is 0. The van der Waals surface area contributed by atoms with Crippen molar-refractivity contribution in [1.29, 1.82) is 0 Å². The fourth-order valence-electron chi connectivity index (χ4n) is 1.80. The van der Waals surface area contributed by atoms with Crippen LogP contribution in [0.25, 0.3) is 0 Å². The monoisotopic (exact) mass is 236 g/mol. The summed E-state index contributed by atoms with van der Waals surface area (Å²) in [6.07, 6.45) is 3.61. The van der Waals surface area contributed by atoms with Crippen molar-refractivity contribution in [1.82, 2.24) is 0 Å². The first-order valence-electron chi connectivity index (χ1n) is 6.10. The second kappa shape index (κ2) is 5.97. The number of hydrogen-bond donors (Lipinski definition) is 0. The fourth-order valence-corrected chi connectivity index (χ4v) is 1.80. The van der Waals surface area contributed by atoms with Crippen LogP contribution >= 0.6 is 0 Å². The van der Waals surface area contributed by atoms with Crippen LogP contribution in [0.5, 0.6) is 0 Å². The lowest BCUT2D eigenvalue weighted by molar-refractivity contribution is 0.104. The van der Waals surface area contributed by atoms with Crippen LogP contribution < -0.4 is 0 Å². The van der Waals surface area contributed by atoms with E-state index >= 15 is 0 Å². The highest BCUT2D eigenvalue weighted by Gasteiger charge is 2.03. The molecule has 2 aromatic carbocycles. The Morgan fingerprint density at radius 3 is 2.11 bits per heavy atom. The molecule has 90 valence electrons.